The Labute approximate surface area is 200 Å². The van der Waals surface area contributed by atoms with E-state index in [1.54, 1.807) is 25.3 Å². The first-order valence-electron chi connectivity index (χ1n) is 11.5. The molecule has 1 saturated heterocycles. The minimum absolute atomic E-state index is 0.0741. The number of amides is 1. The van der Waals surface area contributed by atoms with Gasteiger partial charge in [-0.15, -0.1) is 0 Å². The van der Waals surface area contributed by atoms with E-state index in [4.69, 9.17) is 0 Å². The average molecular weight is 459 g/mol. The Hall–Kier alpha value is -3.60. The van der Waals surface area contributed by atoms with E-state index in [2.05, 4.69) is 30.6 Å². The summed E-state index contributed by atoms with van der Waals surface area (Å²) < 4.78 is 14.6. The molecule has 2 aromatic rings. The third-order valence-electron chi connectivity index (χ3n) is 6.88. The maximum absolute atomic E-state index is 14.6. The van der Waals surface area contributed by atoms with Crippen molar-refractivity contribution in [2.24, 2.45) is 0 Å². The monoisotopic (exact) mass is 458 g/mol. The number of nitrogens with zero attached hydrogens (tertiary/aromatic N) is 1. The summed E-state index contributed by atoms with van der Waals surface area (Å²) in [5.41, 5.74) is 2.68. The van der Waals surface area contributed by atoms with Gasteiger partial charge in [0.05, 0.1) is 11.5 Å². The first-order valence-corrected chi connectivity index (χ1v) is 11.5. The summed E-state index contributed by atoms with van der Waals surface area (Å²) in [6.45, 7) is 12.0. The van der Waals surface area contributed by atoms with Crippen molar-refractivity contribution in [2.45, 2.75) is 44.1 Å². The summed E-state index contributed by atoms with van der Waals surface area (Å²) in [4.78, 5) is 15.1. The molecule has 2 fully saturated rings. The van der Waals surface area contributed by atoms with Gasteiger partial charge in [-0.2, -0.15) is 0 Å². The van der Waals surface area contributed by atoms with Crippen molar-refractivity contribution in [1.82, 2.24) is 10.2 Å². The predicted molar refractivity (Wildman–Crippen MR) is 135 cm³/mol. The minimum atomic E-state index is -0.871. The zero-order chi connectivity index (χ0) is 24.6. The largest absolute Gasteiger partial charge is 0.505 e. The molecular weight excluding hydrogens is 427 g/mol. The van der Waals surface area contributed by atoms with Gasteiger partial charge in [-0.1, -0.05) is 61.7 Å². The van der Waals surface area contributed by atoms with Crippen LogP contribution in [0, 0.1) is 5.82 Å². The Morgan fingerprint density at radius 2 is 1.85 bits per heavy atom. The molecule has 1 aliphatic carbocycles. The molecule has 0 unspecified atom stereocenters. The molecule has 2 atom stereocenters. The van der Waals surface area contributed by atoms with E-state index in [1.165, 1.54) is 29.4 Å². The number of carbonyl (C=O) groups excluding carboxylic acids is 1. The van der Waals surface area contributed by atoms with Crippen LogP contribution < -0.4 is 5.32 Å². The van der Waals surface area contributed by atoms with Crippen molar-refractivity contribution in [1.29, 1.82) is 0 Å². The number of aromatic hydroxyl groups is 1. The SMILES string of the molecule is C=C(/C=C(\C=C/C)[C@@]1(C)NC(=C)N(C)C(=O)[C@@H]1c1ccc(C2CC2)cc1)c1cccc(O)c1F. The summed E-state index contributed by atoms with van der Waals surface area (Å²) in [5.74, 6) is -0.654. The van der Waals surface area contributed by atoms with Crippen LogP contribution in [-0.4, -0.2) is 28.5 Å². The number of halogens is 1. The molecule has 2 aliphatic rings. The van der Waals surface area contributed by atoms with E-state index >= 15 is 0 Å². The van der Waals surface area contributed by atoms with Crippen LogP contribution >= 0.6 is 0 Å². The van der Waals surface area contributed by atoms with E-state index in [0.717, 1.165) is 11.1 Å². The number of rotatable bonds is 6. The molecule has 176 valence electrons. The summed E-state index contributed by atoms with van der Waals surface area (Å²) in [7, 11) is 1.71. The first-order chi connectivity index (χ1) is 16.2. The molecule has 4 rings (SSSR count). The first kappa shape index (κ1) is 23.6. The van der Waals surface area contributed by atoms with Gasteiger partial charge in [-0.25, -0.2) is 4.39 Å². The van der Waals surface area contributed by atoms with E-state index in [-0.39, 0.29) is 11.5 Å². The second kappa shape index (κ2) is 8.98. The molecule has 0 bridgehead atoms. The van der Waals surface area contributed by atoms with Crippen molar-refractivity contribution in [2.75, 3.05) is 7.05 Å². The van der Waals surface area contributed by atoms with Gasteiger partial charge in [0, 0.05) is 12.6 Å². The van der Waals surface area contributed by atoms with Gasteiger partial charge < -0.3 is 15.3 Å². The van der Waals surface area contributed by atoms with Crippen LogP contribution in [0.4, 0.5) is 4.39 Å². The molecule has 0 spiro atoms. The average Bonchev–Trinajstić information content (AvgIpc) is 3.65. The Bertz CT molecular complexity index is 1210. The fraction of sp³-hybridized carbons (Fsp3) is 0.276. The third kappa shape index (κ3) is 4.18. The third-order valence-corrected chi connectivity index (χ3v) is 6.88. The Kier molecular flexibility index (Phi) is 6.22. The Morgan fingerprint density at radius 1 is 1.21 bits per heavy atom. The second-order valence-electron chi connectivity index (χ2n) is 9.31. The quantitative estimate of drug-likeness (QED) is 0.522. The molecule has 1 heterocycles. The van der Waals surface area contributed by atoms with Gasteiger partial charge >= 0.3 is 0 Å². The van der Waals surface area contributed by atoms with Crippen molar-refractivity contribution in [3.05, 3.63) is 108 Å². The van der Waals surface area contributed by atoms with Crippen LogP contribution in [0.1, 0.15) is 55.2 Å². The highest BCUT2D eigenvalue weighted by atomic mass is 19.1. The molecular formula is C29H31FN2O2. The van der Waals surface area contributed by atoms with Gasteiger partial charge in [-0.05, 0) is 67.0 Å². The molecule has 4 nitrogen and oxygen atoms in total. The summed E-state index contributed by atoms with van der Waals surface area (Å²) in [5, 5.41) is 13.3. The standard InChI is InChI=1S/C29H31FN2O2/c1-6-8-23(17-18(2)24-9-7-10-25(33)27(24)30)29(4)26(28(34)32(5)19(3)31-29)22-15-13-21(14-16-22)20-11-12-20/h6-10,13-17,20,26,31,33H,2-3,11-12H2,1,4-5H3/b8-6-,23-17+/t26-,29+/m0/s1. The second-order valence-corrected chi connectivity index (χ2v) is 9.31. The Balaban J connectivity index is 1.81. The molecule has 0 radical (unpaired) electrons. The number of hydrogen-bond acceptors (Lipinski definition) is 3. The number of phenolic OH excluding ortho intramolecular Hbond substituents is 1. The van der Waals surface area contributed by atoms with E-state index in [9.17, 15) is 14.3 Å². The molecule has 1 saturated carbocycles. The maximum atomic E-state index is 14.6. The molecule has 34 heavy (non-hydrogen) atoms. The van der Waals surface area contributed by atoms with E-state index in [0.29, 0.717) is 17.3 Å². The fourth-order valence-corrected chi connectivity index (χ4v) is 4.71. The molecule has 5 heteroatoms. The summed E-state index contributed by atoms with van der Waals surface area (Å²) in [6, 6.07) is 12.8. The lowest BCUT2D eigenvalue weighted by atomic mass is 9.72. The molecule has 2 aromatic carbocycles. The van der Waals surface area contributed by atoms with E-state index in [1.807, 2.05) is 38.1 Å². The topological polar surface area (TPSA) is 52.6 Å². The Morgan fingerprint density at radius 3 is 2.47 bits per heavy atom. The van der Waals surface area contributed by atoms with Crippen LogP contribution in [0.25, 0.3) is 5.57 Å². The zero-order valence-electron chi connectivity index (χ0n) is 19.9. The number of likely N-dealkylation sites (N-methyl/N-ethyl adjacent to an activating group) is 1. The lowest BCUT2D eigenvalue weighted by Crippen LogP contribution is -2.60. The van der Waals surface area contributed by atoms with Crippen molar-refractivity contribution >= 4 is 11.5 Å². The zero-order valence-corrected chi connectivity index (χ0v) is 19.9. The fourth-order valence-electron chi connectivity index (χ4n) is 4.71. The predicted octanol–water partition coefficient (Wildman–Crippen LogP) is 6.00. The van der Waals surface area contributed by atoms with Crippen molar-refractivity contribution in [3.63, 3.8) is 0 Å². The van der Waals surface area contributed by atoms with Gasteiger partial charge in [-0.3, -0.25) is 4.79 Å². The lowest BCUT2D eigenvalue weighted by molar-refractivity contribution is -0.133. The van der Waals surface area contributed by atoms with E-state index < -0.39 is 23.0 Å². The maximum Gasteiger partial charge on any atom is 0.238 e. The van der Waals surface area contributed by atoms with Gasteiger partial charge in [0.25, 0.3) is 0 Å². The molecule has 0 aromatic heterocycles. The van der Waals surface area contributed by atoms with Gasteiger partial charge in [0.1, 0.15) is 5.82 Å². The van der Waals surface area contributed by atoms with Crippen LogP contribution in [0.15, 0.2) is 85.2 Å². The van der Waals surface area contributed by atoms with Crippen LogP contribution in [-0.2, 0) is 4.79 Å². The van der Waals surface area contributed by atoms with Crippen LogP contribution in [0.2, 0.25) is 0 Å². The van der Waals surface area contributed by atoms with Gasteiger partial charge in [0.2, 0.25) is 5.91 Å². The highest BCUT2D eigenvalue weighted by Gasteiger charge is 2.48. The smallest absolute Gasteiger partial charge is 0.238 e. The molecule has 1 amide bonds. The number of benzene rings is 2. The molecule has 2 N–H and O–H groups in total. The summed E-state index contributed by atoms with van der Waals surface area (Å²) in [6.07, 6.45) is 7.97. The van der Waals surface area contributed by atoms with Crippen LogP contribution in [0.3, 0.4) is 0 Å². The number of allylic oxidation sites excluding steroid dienone is 3. The number of carbonyl (C=O) groups is 1. The highest BCUT2D eigenvalue weighted by molar-refractivity contribution is 5.89. The van der Waals surface area contributed by atoms with Crippen LogP contribution in [0.5, 0.6) is 5.75 Å². The summed E-state index contributed by atoms with van der Waals surface area (Å²) >= 11 is 0. The molecule has 1 aliphatic heterocycles. The minimum Gasteiger partial charge on any atom is -0.505 e. The highest BCUT2D eigenvalue weighted by Crippen LogP contribution is 2.44. The van der Waals surface area contributed by atoms with Gasteiger partial charge in [0.15, 0.2) is 11.6 Å². The number of nitrogens with one attached hydrogen (secondary N) is 1. The van der Waals surface area contributed by atoms with Crippen molar-refractivity contribution in [3.8, 4) is 5.75 Å². The normalized spacial score (nSPS) is 23.4. The lowest BCUT2D eigenvalue weighted by Gasteiger charge is -2.47. The number of hydrogen-bond donors (Lipinski definition) is 2. The number of phenols is 1. The van der Waals surface area contributed by atoms with Crippen molar-refractivity contribution < 1.29 is 14.3 Å².